The Kier molecular flexibility index (Phi) is 6.89. The van der Waals surface area contributed by atoms with E-state index in [1.165, 1.54) is 16.8 Å². The molecule has 2 atom stereocenters. The van der Waals surface area contributed by atoms with Crippen molar-refractivity contribution in [2.24, 2.45) is 5.92 Å². The lowest BCUT2D eigenvalue weighted by atomic mass is 9.80. The van der Waals surface area contributed by atoms with Gasteiger partial charge in [-0.05, 0) is 60.0 Å². The Hall–Kier alpha value is -3.12. The van der Waals surface area contributed by atoms with Crippen LogP contribution in [-0.4, -0.2) is 54.3 Å². The highest BCUT2D eigenvalue weighted by Crippen LogP contribution is 2.45. The Morgan fingerprint density at radius 2 is 1.75 bits per heavy atom. The Morgan fingerprint density at radius 1 is 1.00 bits per heavy atom. The van der Waals surface area contributed by atoms with E-state index >= 15 is 0 Å². The molecule has 1 aromatic heterocycles. The number of hydrogen-bond donors (Lipinski definition) is 0. The molecule has 1 fully saturated rings. The van der Waals surface area contributed by atoms with Gasteiger partial charge in [0, 0.05) is 48.9 Å². The molecule has 0 N–H and O–H groups in total. The molecule has 2 aliphatic heterocycles. The van der Waals surface area contributed by atoms with Gasteiger partial charge in [-0.15, -0.1) is 11.3 Å². The van der Waals surface area contributed by atoms with Crippen molar-refractivity contribution in [2.75, 3.05) is 37.6 Å². The molecule has 36 heavy (non-hydrogen) atoms. The van der Waals surface area contributed by atoms with E-state index in [2.05, 4.69) is 56.9 Å². The third kappa shape index (κ3) is 4.55. The van der Waals surface area contributed by atoms with Crippen molar-refractivity contribution in [3.63, 3.8) is 0 Å². The molecule has 2 amide bonds. The summed E-state index contributed by atoms with van der Waals surface area (Å²) in [5.74, 6) is 0.0614. The largest absolute Gasteiger partial charge is 0.368 e. The fraction of sp³-hybridized carbons (Fsp3) is 0.400. The number of carbonyl (C=O) groups is 2. The number of fused-ring (bicyclic) bond motifs is 1. The number of aryl methyl sites for hydroxylation is 2. The van der Waals surface area contributed by atoms with Crippen LogP contribution < -0.4 is 4.90 Å². The van der Waals surface area contributed by atoms with Gasteiger partial charge in [-0.3, -0.25) is 9.59 Å². The molecule has 0 aliphatic carbocycles. The van der Waals surface area contributed by atoms with Crippen LogP contribution in [0.25, 0.3) is 0 Å². The van der Waals surface area contributed by atoms with Gasteiger partial charge in [0.05, 0.1) is 12.0 Å². The number of anilines is 1. The zero-order valence-electron chi connectivity index (χ0n) is 21.6. The normalized spacial score (nSPS) is 20.1. The van der Waals surface area contributed by atoms with Gasteiger partial charge in [0.15, 0.2) is 0 Å². The summed E-state index contributed by atoms with van der Waals surface area (Å²) >= 11 is 1.63. The van der Waals surface area contributed by atoms with Gasteiger partial charge in [-0.1, -0.05) is 50.2 Å². The minimum absolute atomic E-state index is 0.0292. The van der Waals surface area contributed by atoms with Crippen LogP contribution in [0.2, 0.25) is 0 Å². The lowest BCUT2D eigenvalue weighted by molar-refractivity contribution is -0.135. The first kappa shape index (κ1) is 24.6. The molecule has 6 heteroatoms. The highest BCUT2D eigenvalue weighted by atomic mass is 32.1. The van der Waals surface area contributed by atoms with Gasteiger partial charge >= 0.3 is 0 Å². The van der Waals surface area contributed by atoms with Crippen molar-refractivity contribution in [3.8, 4) is 0 Å². The highest BCUT2D eigenvalue weighted by molar-refractivity contribution is 7.10. The monoisotopic (exact) mass is 501 g/mol. The topological polar surface area (TPSA) is 43.9 Å². The zero-order chi connectivity index (χ0) is 25.4. The van der Waals surface area contributed by atoms with Crippen LogP contribution in [0.3, 0.4) is 0 Å². The van der Waals surface area contributed by atoms with Crippen molar-refractivity contribution in [3.05, 3.63) is 87.1 Å². The van der Waals surface area contributed by atoms with Gasteiger partial charge < -0.3 is 14.7 Å². The van der Waals surface area contributed by atoms with E-state index < -0.39 is 5.92 Å². The fourth-order valence-electron chi connectivity index (χ4n) is 5.65. The quantitative estimate of drug-likeness (QED) is 0.454. The van der Waals surface area contributed by atoms with Crippen LogP contribution >= 0.6 is 11.3 Å². The molecule has 188 valence electrons. The predicted octanol–water partition coefficient (Wildman–Crippen LogP) is 5.65. The molecular weight excluding hydrogens is 466 g/mol. The van der Waals surface area contributed by atoms with E-state index in [1.807, 2.05) is 45.5 Å². The molecule has 1 saturated heterocycles. The standard InChI is InChI=1S/C30H35N3O2S/c1-20(2)19-33-28(26-10-7-17-36-26)27(23-8-5-6-9-24(23)29(33)34)30(35)32-15-13-31(14-16-32)25-18-21(3)11-12-22(25)4/h5-12,17-18,20,27-28H,13-16,19H2,1-4H3/t27-,28+/m0/s1. The third-order valence-corrected chi connectivity index (χ3v) is 8.34. The van der Waals surface area contributed by atoms with Gasteiger partial charge in [0.25, 0.3) is 5.91 Å². The van der Waals surface area contributed by atoms with Crippen LogP contribution in [0.4, 0.5) is 5.69 Å². The van der Waals surface area contributed by atoms with Gasteiger partial charge in [-0.2, -0.15) is 0 Å². The smallest absolute Gasteiger partial charge is 0.254 e. The molecule has 2 aromatic carbocycles. The maximum absolute atomic E-state index is 14.3. The van der Waals surface area contributed by atoms with Gasteiger partial charge in [0.2, 0.25) is 5.91 Å². The highest BCUT2D eigenvalue weighted by Gasteiger charge is 2.46. The average Bonchev–Trinajstić information content (AvgIpc) is 3.41. The minimum atomic E-state index is -0.399. The molecule has 0 saturated carbocycles. The summed E-state index contributed by atoms with van der Waals surface area (Å²) < 4.78 is 0. The summed E-state index contributed by atoms with van der Waals surface area (Å²) in [5, 5.41) is 2.04. The van der Waals surface area contributed by atoms with E-state index in [4.69, 9.17) is 0 Å². The SMILES string of the molecule is Cc1ccc(C)c(N2CCN(C(=O)[C@H]3c4ccccc4C(=O)N(CC(C)C)[C@@H]3c3cccs3)CC2)c1. The molecular formula is C30H35N3O2S. The maximum atomic E-state index is 14.3. The Morgan fingerprint density at radius 3 is 2.44 bits per heavy atom. The molecule has 3 aromatic rings. The first-order valence-electron chi connectivity index (χ1n) is 12.9. The van der Waals surface area contributed by atoms with Crippen LogP contribution in [0.1, 0.15) is 57.7 Å². The van der Waals surface area contributed by atoms with Gasteiger partial charge in [-0.25, -0.2) is 0 Å². The molecule has 0 bridgehead atoms. The van der Waals surface area contributed by atoms with Crippen molar-refractivity contribution in [2.45, 2.75) is 39.7 Å². The fourth-order valence-corrected chi connectivity index (χ4v) is 6.53. The number of nitrogens with zero attached hydrogens (tertiary/aromatic N) is 3. The second-order valence-electron chi connectivity index (χ2n) is 10.5. The number of hydrogen-bond acceptors (Lipinski definition) is 4. The Labute approximate surface area is 218 Å². The van der Waals surface area contributed by atoms with E-state index in [0.717, 1.165) is 23.5 Å². The van der Waals surface area contributed by atoms with E-state index in [9.17, 15) is 9.59 Å². The minimum Gasteiger partial charge on any atom is -0.368 e. The summed E-state index contributed by atoms with van der Waals surface area (Å²) in [6.07, 6.45) is 0. The summed E-state index contributed by atoms with van der Waals surface area (Å²) in [4.78, 5) is 35.4. The molecule has 0 unspecified atom stereocenters. The van der Waals surface area contributed by atoms with Crippen LogP contribution in [0.15, 0.2) is 60.0 Å². The third-order valence-electron chi connectivity index (χ3n) is 7.40. The zero-order valence-corrected chi connectivity index (χ0v) is 22.4. The Bertz CT molecular complexity index is 1240. The number of benzene rings is 2. The van der Waals surface area contributed by atoms with E-state index in [-0.39, 0.29) is 17.9 Å². The lowest BCUT2D eigenvalue weighted by Crippen LogP contribution is -2.53. The van der Waals surface area contributed by atoms with Gasteiger partial charge in [0.1, 0.15) is 0 Å². The molecule has 5 nitrogen and oxygen atoms in total. The Balaban J connectivity index is 1.47. The van der Waals surface area contributed by atoms with Crippen molar-refractivity contribution in [1.29, 1.82) is 0 Å². The summed E-state index contributed by atoms with van der Waals surface area (Å²) in [6.45, 7) is 12.1. The van der Waals surface area contributed by atoms with Crippen LogP contribution in [0.5, 0.6) is 0 Å². The molecule has 0 radical (unpaired) electrons. The lowest BCUT2D eigenvalue weighted by Gasteiger charge is -2.45. The number of rotatable bonds is 5. The maximum Gasteiger partial charge on any atom is 0.254 e. The number of thiophene rings is 1. The van der Waals surface area contributed by atoms with Crippen LogP contribution in [0, 0.1) is 19.8 Å². The second kappa shape index (κ2) is 10.1. The summed E-state index contributed by atoms with van der Waals surface area (Å²) in [5.41, 5.74) is 5.31. The first-order chi connectivity index (χ1) is 17.3. The van der Waals surface area contributed by atoms with E-state index in [0.29, 0.717) is 31.1 Å². The average molecular weight is 502 g/mol. The molecule has 2 aliphatic rings. The van der Waals surface area contributed by atoms with Crippen molar-refractivity contribution < 1.29 is 9.59 Å². The first-order valence-corrected chi connectivity index (χ1v) is 13.8. The second-order valence-corrected chi connectivity index (χ2v) is 11.5. The number of piperazine rings is 1. The summed E-state index contributed by atoms with van der Waals surface area (Å²) in [6, 6.07) is 18.1. The summed E-state index contributed by atoms with van der Waals surface area (Å²) in [7, 11) is 0. The molecule has 3 heterocycles. The van der Waals surface area contributed by atoms with Crippen LogP contribution in [-0.2, 0) is 4.79 Å². The number of carbonyl (C=O) groups excluding carboxylic acids is 2. The van der Waals surface area contributed by atoms with E-state index in [1.54, 1.807) is 11.3 Å². The number of amides is 2. The molecule has 0 spiro atoms. The predicted molar refractivity (Wildman–Crippen MR) is 147 cm³/mol. The van der Waals surface area contributed by atoms with Crippen molar-refractivity contribution >= 4 is 28.8 Å². The van der Waals surface area contributed by atoms with Crippen molar-refractivity contribution in [1.82, 2.24) is 9.80 Å². The molecule has 5 rings (SSSR count).